The van der Waals surface area contributed by atoms with Crippen LogP contribution in [0, 0.1) is 23.4 Å². The fourth-order valence-corrected chi connectivity index (χ4v) is 1.84. The van der Waals surface area contributed by atoms with Gasteiger partial charge in [0.05, 0.1) is 5.92 Å². The van der Waals surface area contributed by atoms with Gasteiger partial charge in [0.2, 0.25) is 11.8 Å². The maximum Gasteiger partial charge on any atom is 0.229 e. The Balaban J connectivity index is 2.09. The van der Waals surface area contributed by atoms with Crippen LogP contribution in [0.1, 0.15) is 12.8 Å². The summed E-state index contributed by atoms with van der Waals surface area (Å²) in [5.41, 5.74) is -0.678. The lowest BCUT2D eigenvalue weighted by Crippen LogP contribution is -2.40. The van der Waals surface area contributed by atoms with E-state index < -0.39 is 35.0 Å². The highest BCUT2D eigenvalue weighted by Crippen LogP contribution is 2.22. The Labute approximate surface area is 107 Å². The Hall–Kier alpha value is -2.05. The van der Waals surface area contributed by atoms with Crippen molar-refractivity contribution in [3.05, 3.63) is 29.6 Å². The van der Waals surface area contributed by atoms with Crippen molar-refractivity contribution in [2.45, 2.75) is 12.8 Å². The highest BCUT2D eigenvalue weighted by molar-refractivity contribution is 5.94. The largest absolute Gasteiger partial charge is 0.355 e. The van der Waals surface area contributed by atoms with Crippen molar-refractivity contribution in [2.24, 2.45) is 5.92 Å². The quantitative estimate of drug-likeness (QED) is 0.858. The molecule has 1 fully saturated rings. The molecule has 0 aromatic heterocycles. The van der Waals surface area contributed by atoms with Gasteiger partial charge in [0, 0.05) is 25.1 Å². The molecule has 102 valence electrons. The highest BCUT2D eigenvalue weighted by atomic mass is 19.1. The Bertz CT molecular complexity index is 501. The predicted octanol–water partition coefficient (Wildman–Crippen LogP) is 1.57. The maximum absolute atomic E-state index is 13.3. The molecule has 0 saturated carbocycles. The molecular formula is C12H11F3N2O2. The summed E-state index contributed by atoms with van der Waals surface area (Å²) in [6.07, 6.45) is 0.495. The molecule has 1 saturated heterocycles. The van der Waals surface area contributed by atoms with Crippen LogP contribution in [-0.2, 0) is 9.59 Å². The van der Waals surface area contributed by atoms with Crippen molar-refractivity contribution in [3.63, 3.8) is 0 Å². The van der Waals surface area contributed by atoms with Crippen molar-refractivity contribution in [1.29, 1.82) is 0 Å². The first-order valence-corrected chi connectivity index (χ1v) is 5.69. The number of amides is 2. The summed E-state index contributed by atoms with van der Waals surface area (Å²) >= 11 is 0. The molecule has 1 heterocycles. The minimum absolute atomic E-state index is 0.120. The Morgan fingerprint density at radius 1 is 1.26 bits per heavy atom. The van der Waals surface area contributed by atoms with Crippen LogP contribution in [0.15, 0.2) is 12.1 Å². The lowest BCUT2D eigenvalue weighted by atomic mass is 9.98. The van der Waals surface area contributed by atoms with Gasteiger partial charge in [-0.3, -0.25) is 9.59 Å². The molecule has 0 aliphatic carbocycles. The Morgan fingerprint density at radius 2 is 1.89 bits per heavy atom. The number of halogens is 3. The number of carbonyl (C=O) groups excluding carboxylic acids is 2. The molecule has 2 rings (SSSR count). The van der Waals surface area contributed by atoms with Gasteiger partial charge in [-0.05, 0) is 6.42 Å². The molecule has 1 atom stereocenters. The predicted molar refractivity (Wildman–Crippen MR) is 60.7 cm³/mol. The maximum atomic E-state index is 13.3. The van der Waals surface area contributed by atoms with E-state index in [1.807, 2.05) is 0 Å². The van der Waals surface area contributed by atoms with Gasteiger partial charge in [0.25, 0.3) is 0 Å². The van der Waals surface area contributed by atoms with Gasteiger partial charge in [-0.15, -0.1) is 0 Å². The topological polar surface area (TPSA) is 58.2 Å². The molecule has 2 amide bonds. The fraction of sp³-hybridized carbons (Fsp3) is 0.333. The number of rotatable bonds is 2. The molecule has 0 bridgehead atoms. The van der Waals surface area contributed by atoms with E-state index in [1.165, 1.54) is 0 Å². The molecular weight excluding hydrogens is 261 g/mol. The number of piperidine rings is 1. The fourth-order valence-electron chi connectivity index (χ4n) is 1.84. The summed E-state index contributed by atoms with van der Waals surface area (Å²) in [5, 5.41) is 4.57. The summed E-state index contributed by atoms with van der Waals surface area (Å²) < 4.78 is 39.4. The first-order chi connectivity index (χ1) is 8.97. The molecule has 1 aliphatic heterocycles. The molecule has 0 radical (unpaired) electrons. The minimum Gasteiger partial charge on any atom is -0.355 e. The SMILES string of the molecule is O=C1CCC(C(=O)Nc2c(F)cc(F)cc2F)CN1. The van der Waals surface area contributed by atoms with Crippen molar-refractivity contribution in [1.82, 2.24) is 5.32 Å². The van der Waals surface area contributed by atoms with Gasteiger partial charge in [-0.1, -0.05) is 0 Å². The van der Waals surface area contributed by atoms with Gasteiger partial charge in [-0.2, -0.15) is 0 Å². The molecule has 2 N–H and O–H groups in total. The van der Waals surface area contributed by atoms with Gasteiger partial charge in [-0.25, -0.2) is 13.2 Å². The van der Waals surface area contributed by atoms with Crippen LogP contribution in [0.3, 0.4) is 0 Å². The van der Waals surface area contributed by atoms with E-state index in [9.17, 15) is 22.8 Å². The summed E-state index contributed by atoms with van der Waals surface area (Å²) in [5.74, 6) is -4.73. The Kier molecular flexibility index (Phi) is 3.73. The van der Waals surface area contributed by atoms with Crippen LogP contribution in [0.5, 0.6) is 0 Å². The molecule has 1 aromatic rings. The van der Waals surface area contributed by atoms with Gasteiger partial charge >= 0.3 is 0 Å². The second-order valence-corrected chi connectivity index (χ2v) is 4.27. The molecule has 1 aliphatic rings. The number of benzene rings is 1. The van der Waals surface area contributed by atoms with Gasteiger partial charge in [0.1, 0.15) is 11.5 Å². The van der Waals surface area contributed by atoms with E-state index >= 15 is 0 Å². The van der Waals surface area contributed by atoms with E-state index in [4.69, 9.17) is 0 Å². The molecule has 4 nitrogen and oxygen atoms in total. The summed E-state index contributed by atoms with van der Waals surface area (Å²) in [6.45, 7) is 0.120. The molecule has 1 unspecified atom stereocenters. The second-order valence-electron chi connectivity index (χ2n) is 4.27. The molecule has 19 heavy (non-hydrogen) atoms. The van der Waals surface area contributed by atoms with Crippen molar-refractivity contribution < 1.29 is 22.8 Å². The van der Waals surface area contributed by atoms with E-state index in [0.717, 1.165) is 0 Å². The summed E-state index contributed by atoms with van der Waals surface area (Å²) in [4.78, 5) is 22.7. The van der Waals surface area contributed by atoms with Crippen LogP contribution in [0.25, 0.3) is 0 Å². The number of carbonyl (C=O) groups is 2. The van der Waals surface area contributed by atoms with Crippen LogP contribution in [0.2, 0.25) is 0 Å². The number of nitrogens with one attached hydrogen (secondary N) is 2. The zero-order chi connectivity index (χ0) is 14.0. The average Bonchev–Trinajstić information content (AvgIpc) is 2.34. The van der Waals surface area contributed by atoms with Crippen LogP contribution in [-0.4, -0.2) is 18.4 Å². The lowest BCUT2D eigenvalue weighted by molar-refractivity contribution is -0.126. The average molecular weight is 272 g/mol. The third-order valence-corrected chi connectivity index (χ3v) is 2.89. The summed E-state index contributed by atoms with van der Waals surface area (Å²) in [6, 6.07) is 0.975. The van der Waals surface area contributed by atoms with E-state index in [1.54, 1.807) is 0 Å². The van der Waals surface area contributed by atoms with Crippen LogP contribution >= 0.6 is 0 Å². The summed E-state index contributed by atoms with van der Waals surface area (Å²) in [7, 11) is 0. The van der Waals surface area contributed by atoms with E-state index in [-0.39, 0.29) is 18.9 Å². The normalized spacial score (nSPS) is 18.9. The number of hydrogen-bond acceptors (Lipinski definition) is 2. The van der Waals surface area contributed by atoms with E-state index in [0.29, 0.717) is 18.6 Å². The minimum atomic E-state index is -1.18. The third-order valence-electron chi connectivity index (χ3n) is 2.89. The van der Waals surface area contributed by atoms with Crippen molar-refractivity contribution in [3.8, 4) is 0 Å². The Morgan fingerprint density at radius 3 is 2.42 bits per heavy atom. The van der Waals surface area contributed by atoms with Crippen LogP contribution < -0.4 is 10.6 Å². The first kappa shape index (κ1) is 13.4. The van der Waals surface area contributed by atoms with Gasteiger partial charge < -0.3 is 10.6 Å². The standard InChI is InChI=1S/C12H11F3N2O2/c13-7-3-8(14)11(9(15)4-7)17-12(19)6-1-2-10(18)16-5-6/h3-4,6H,1-2,5H2,(H,16,18)(H,17,19). The smallest absolute Gasteiger partial charge is 0.229 e. The highest BCUT2D eigenvalue weighted by Gasteiger charge is 2.26. The number of hydrogen-bond donors (Lipinski definition) is 2. The van der Waals surface area contributed by atoms with Crippen molar-refractivity contribution >= 4 is 17.5 Å². The molecule has 0 spiro atoms. The zero-order valence-corrected chi connectivity index (χ0v) is 9.80. The lowest BCUT2D eigenvalue weighted by Gasteiger charge is -2.21. The second kappa shape index (κ2) is 5.29. The zero-order valence-electron chi connectivity index (χ0n) is 9.80. The van der Waals surface area contributed by atoms with Crippen molar-refractivity contribution in [2.75, 3.05) is 11.9 Å². The third kappa shape index (κ3) is 3.04. The monoisotopic (exact) mass is 272 g/mol. The van der Waals surface area contributed by atoms with Crippen LogP contribution in [0.4, 0.5) is 18.9 Å². The van der Waals surface area contributed by atoms with Gasteiger partial charge in [0.15, 0.2) is 11.6 Å². The van der Waals surface area contributed by atoms with E-state index in [2.05, 4.69) is 10.6 Å². The molecule has 1 aromatic carbocycles. The number of anilines is 1. The first-order valence-electron chi connectivity index (χ1n) is 5.69. The molecule has 7 heteroatoms.